The van der Waals surface area contributed by atoms with Crippen LogP contribution in [0.1, 0.15) is 18.9 Å². The molecule has 2 amide bonds. The van der Waals surface area contributed by atoms with Crippen molar-refractivity contribution in [3.8, 4) is 11.8 Å². The Morgan fingerprint density at radius 1 is 1.17 bits per heavy atom. The SMILES string of the molecule is CCOC(=O)CN(C)CCCNC(=O)C=CC(=O)Nc1cc2c(Nc3cccc(Br)c3)c(C#N)cnc2cc1OC. The van der Waals surface area contributed by atoms with Gasteiger partial charge in [-0.1, -0.05) is 22.0 Å². The third-order valence-corrected chi connectivity index (χ3v) is 6.26. The second-order valence-electron chi connectivity index (χ2n) is 8.87. The molecule has 0 saturated carbocycles. The first kappa shape index (κ1) is 31.1. The number of amides is 2. The Labute approximate surface area is 246 Å². The Kier molecular flexibility index (Phi) is 11.6. The predicted molar refractivity (Wildman–Crippen MR) is 160 cm³/mol. The van der Waals surface area contributed by atoms with Crippen LogP contribution in [-0.4, -0.2) is 68.1 Å². The minimum Gasteiger partial charge on any atom is -0.494 e. The van der Waals surface area contributed by atoms with E-state index >= 15 is 0 Å². The van der Waals surface area contributed by atoms with E-state index in [9.17, 15) is 19.6 Å². The summed E-state index contributed by atoms with van der Waals surface area (Å²) in [6.45, 7) is 3.22. The number of anilines is 3. The van der Waals surface area contributed by atoms with E-state index in [2.05, 4.69) is 42.9 Å². The first-order valence-corrected chi connectivity index (χ1v) is 13.6. The van der Waals surface area contributed by atoms with Gasteiger partial charge in [0.15, 0.2) is 0 Å². The number of hydrogen-bond acceptors (Lipinski definition) is 9. The number of nitrogens with zero attached hydrogens (tertiary/aromatic N) is 3. The summed E-state index contributed by atoms with van der Waals surface area (Å²) in [5.41, 5.74) is 2.50. The summed E-state index contributed by atoms with van der Waals surface area (Å²) in [7, 11) is 3.26. The molecule has 214 valence electrons. The molecular formula is C29H31BrN6O5. The van der Waals surface area contributed by atoms with Gasteiger partial charge in [0, 0.05) is 53.1 Å². The number of rotatable bonds is 13. The van der Waals surface area contributed by atoms with Crippen LogP contribution in [0.15, 0.2) is 59.2 Å². The fraction of sp³-hybridized carbons (Fsp3) is 0.276. The van der Waals surface area contributed by atoms with Crippen LogP contribution in [0, 0.1) is 11.3 Å². The molecule has 0 spiro atoms. The Morgan fingerprint density at radius 2 is 1.95 bits per heavy atom. The van der Waals surface area contributed by atoms with Crippen molar-refractivity contribution in [2.24, 2.45) is 0 Å². The maximum atomic E-state index is 12.7. The number of ether oxygens (including phenoxy) is 2. The molecule has 0 aliphatic rings. The second kappa shape index (κ2) is 15.4. The van der Waals surface area contributed by atoms with Gasteiger partial charge in [0.2, 0.25) is 11.8 Å². The first-order chi connectivity index (χ1) is 19.7. The maximum Gasteiger partial charge on any atom is 0.320 e. The molecule has 41 heavy (non-hydrogen) atoms. The van der Waals surface area contributed by atoms with Crippen molar-refractivity contribution < 1.29 is 23.9 Å². The second-order valence-corrected chi connectivity index (χ2v) is 9.79. The van der Waals surface area contributed by atoms with Gasteiger partial charge in [-0.3, -0.25) is 24.3 Å². The number of likely N-dealkylation sites (N-methyl/N-ethyl adjacent to an activating group) is 1. The van der Waals surface area contributed by atoms with Crippen LogP contribution in [0.5, 0.6) is 5.75 Å². The average molecular weight is 624 g/mol. The number of hydrogen-bond donors (Lipinski definition) is 3. The normalized spacial score (nSPS) is 10.8. The van der Waals surface area contributed by atoms with Gasteiger partial charge < -0.3 is 25.4 Å². The van der Waals surface area contributed by atoms with Crippen molar-refractivity contribution in [2.75, 3.05) is 51.0 Å². The zero-order chi connectivity index (χ0) is 29.8. The summed E-state index contributed by atoms with van der Waals surface area (Å²) in [6.07, 6.45) is 4.35. The molecule has 0 bridgehead atoms. The van der Waals surface area contributed by atoms with Gasteiger partial charge in [0.25, 0.3) is 0 Å². The Bertz CT molecular complexity index is 1490. The van der Waals surface area contributed by atoms with E-state index in [0.29, 0.717) is 59.7 Å². The van der Waals surface area contributed by atoms with Crippen LogP contribution in [-0.2, 0) is 19.1 Å². The zero-order valence-electron chi connectivity index (χ0n) is 23.0. The average Bonchev–Trinajstić information content (AvgIpc) is 2.94. The van der Waals surface area contributed by atoms with E-state index in [1.807, 2.05) is 24.3 Å². The van der Waals surface area contributed by atoms with Crippen molar-refractivity contribution in [1.82, 2.24) is 15.2 Å². The van der Waals surface area contributed by atoms with E-state index in [-0.39, 0.29) is 12.5 Å². The van der Waals surface area contributed by atoms with Gasteiger partial charge in [-0.2, -0.15) is 5.26 Å². The molecule has 3 rings (SSSR count). The fourth-order valence-corrected chi connectivity index (χ4v) is 4.27. The summed E-state index contributed by atoms with van der Waals surface area (Å²) >= 11 is 3.45. The Hall–Kier alpha value is -4.47. The number of nitriles is 1. The highest BCUT2D eigenvalue weighted by Crippen LogP contribution is 2.36. The van der Waals surface area contributed by atoms with Crippen molar-refractivity contribution in [3.05, 3.63) is 64.8 Å². The maximum absolute atomic E-state index is 12.7. The van der Waals surface area contributed by atoms with Crippen LogP contribution in [0.25, 0.3) is 10.9 Å². The smallest absolute Gasteiger partial charge is 0.320 e. The molecule has 0 saturated heterocycles. The number of carbonyl (C=O) groups is 3. The van der Waals surface area contributed by atoms with E-state index < -0.39 is 11.8 Å². The molecule has 0 atom stereocenters. The number of benzene rings is 2. The summed E-state index contributed by atoms with van der Waals surface area (Å²) in [5, 5.41) is 19.0. The molecule has 0 unspecified atom stereocenters. The lowest BCUT2D eigenvalue weighted by atomic mass is 10.1. The van der Waals surface area contributed by atoms with Crippen LogP contribution >= 0.6 is 15.9 Å². The molecule has 0 aliphatic carbocycles. The quantitative estimate of drug-likeness (QED) is 0.145. The van der Waals surface area contributed by atoms with Crippen molar-refractivity contribution in [3.63, 3.8) is 0 Å². The number of carbonyl (C=O) groups excluding carboxylic acids is 3. The highest BCUT2D eigenvalue weighted by Gasteiger charge is 2.15. The third-order valence-electron chi connectivity index (χ3n) is 5.77. The Morgan fingerprint density at radius 3 is 2.66 bits per heavy atom. The fourth-order valence-electron chi connectivity index (χ4n) is 3.87. The van der Waals surface area contributed by atoms with E-state index in [1.54, 1.807) is 31.0 Å². The van der Waals surface area contributed by atoms with Gasteiger partial charge in [0.1, 0.15) is 11.8 Å². The number of nitrogens with one attached hydrogen (secondary N) is 3. The van der Waals surface area contributed by atoms with E-state index in [4.69, 9.17) is 9.47 Å². The number of fused-ring (bicyclic) bond motifs is 1. The van der Waals surface area contributed by atoms with Crippen LogP contribution in [0.2, 0.25) is 0 Å². The monoisotopic (exact) mass is 622 g/mol. The first-order valence-electron chi connectivity index (χ1n) is 12.8. The topological polar surface area (TPSA) is 146 Å². The number of aromatic nitrogens is 1. The van der Waals surface area contributed by atoms with Gasteiger partial charge in [-0.25, -0.2) is 0 Å². The molecule has 11 nitrogen and oxygen atoms in total. The minimum atomic E-state index is -0.544. The summed E-state index contributed by atoms with van der Waals surface area (Å²) in [4.78, 5) is 42.5. The zero-order valence-corrected chi connectivity index (χ0v) is 24.6. The number of esters is 1. The van der Waals surface area contributed by atoms with E-state index in [0.717, 1.165) is 22.3 Å². The number of halogens is 1. The van der Waals surface area contributed by atoms with Crippen LogP contribution in [0.4, 0.5) is 17.1 Å². The van der Waals surface area contributed by atoms with Gasteiger partial charge in [-0.15, -0.1) is 0 Å². The van der Waals surface area contributed by atoms with Crippen molar-refractivity contribution in [1.29, 1.82) is 5.26 Å². The molecular weight excluding hydrogens is 592 g/mol. The van der Waals surface area contributed by atoms with Gasteiger partial charge in [0.05, 0.1) is 42.7 Å². The van der Waals surface area contributed by atoms with Crippen LogP contribution < -0.4 is 20.7 Å². The molecule has 12 heteroatoms. The highest BCUT2D eigenvalue weighted by atomic mass is 79.9. The van der Waals surface area contributed by atoms with Crippen molar-refractivity contribution >= 4 is 61.7 Å². The largest absolute Gasteiger partial charge is 0.494 e. The lowest BCUT2D eigenvalue weighted by molar-refractivity contribution is -0.144. The lowest BCUT2D eigenvalue weighted by Crippen LogP contribution is -2.31. The third kappa shape index (κ3) is 9.30. The number of pyridine rings is 1. The molecule has 1 heterocycles. The van der Waals surface area contributed by atoms with Crippen molar-refractivity contribution in [2.45, 2.75) is 13.3 Å². The summed E-state index contributed by atoms with van der Waals surface area (Å²) < 4.78 is 11.2. The van der Waals surface area contributed by atoms with Gasteiger partial charge >= 0.3 is 5.97 Å². The molecule has 3 N–H and O–H groups in total. The lowest BCUT2D eigenvalue weighted by Gasteiger charge is -2.15. The number of methoxy groups -OCH3 is 1. The van der Waals surface area contributed by atoms with Gasteiger partial charge in [-0.05, 0) is 44.7 Å². The molecule has 1 aromatic heterocycles. The minimum absolute atomic E-state index is 0.176. The molecule has 2 aromatic carbocycles. The molecule has 0 radical (unpaired) electrons. The standard InChI is InChI=1S/C29H31BrN6O5/c1-4-41-28(39)18-36(2)12-6-11-32-26(37)9-10-27(38)35-24-14-22-23(15-25(24)40-3)33-17-19(16-31)29(22)34-21-8-5-7-20(30)13-21/h5,7-10,13-15,17H,4,6,11-12,18H2,1-3H3,(H,32,37)(H,33,34)(H,35,38). The summed E-state index contributed by atoms with van der Waals surface area (Å²) in [5.74, 6) is -0.907. The molecule has 3 aromatic rings. The van der Waals surface area contributed by atoms with E-state index in [1.165, 1.54) is 13.3 Å². The predicted octanol–water partition coefficient (Wildman–Crippen LogP) is 4.12. The molecule has 0 fully saturated rings. The Balaban J connectivity index is 1.67. The highest BCUT2D eigenvalue weighted by molar-refractivity contribution is 9.10. The van der Waals surface area contributed by atoms with Crippen LogP contribution in [0.3, 0.4) is 0 Å². The molecule has 0 aliphatic heterocycles. The summed E-state index contributed by atoms with van der Waals surface area (Å²) in [6, 6.07) is 13.0.